The molecule has 2 heterocycles. The Bertz CT molecular complexity index is 1290. The van der Waals surface area contributed by atoms with Crippen LogP contribution in [0.25, 0.3) is 0 Å². The van der Waals surface area contributed by atoms with Gasteiger partial charge in [0.2, 0.25) is 0 Å². The molecule has 3 amide bonds. The fourth-order valence-electron chi connectivity index (χ4n) is 4.86. The molecule has 2 aromatic rings. The van der Waals surface area contributed by atoms with Gasteiger partial charge in [-0.05, 0) is 68.7 Å². The molecule has 2 aromatic carbocycles. The number of carbonyl (C=O) groups is 3. The number of amides is 3. The van der Waals surface area contributed by atoms with E-state index in [-0.39, 0.29) is 0 Å². The van der Waals surface area contributed by atoms with E-state index in [1.165, 1.54) is 26.6 Å². The van der Waals surface area contributed by atoms with Gasteiger partial charge in [0, 0.05) is 70.1 Å². The average molecular weight is 577 g/mol. The fourth-order valence-corrected chi connectivity index (χ4v) is 4.86. The van der Waals surface area contributed by atoms with Gasteiger partial charge in [-0.25, -0.2) is 10.3 Å². The lowest BCUT2D eigenvalue weighted by atomic mass is 9.96. The SMILES string of the molecule is CCOC1CN(Cc2ccc(C#Cc3ccc(C(=O)N(C)C(C)(C(=O)NC)C(=O)NOC4CCCCO4)cc3)cc2)C1. The molecule has 2 aliphatic rings. The van der Waals surface area contributed by atoms with Gasteiger partial charge in [0.25, 0.3) is 17.7 Å². The van der Waals surface area contributed by atoms with Crippen LogP contribution in [0.15, 0.2) is 48.5 Å². The molecule has 2 unspecified atom stereocenters. The zero-order chi connectivity index (χ0) is 30.1. The Morgan fingerprint density at radius 1 is 1.02 bits per heavy atom. The molecule has 0 radical (unpaired) electrons. The number of hydroxylamine groups is 1. The van der Waals surface area contributed by atoms with Crippen molar-refractivity contribution >= 4 is 17.7 Å². The highest BCUT2D eigenvalue weighted by atomic mass is 16.8. The lowest BCUT2D eigenvalue weighted by Crippen LogP contribution is -2.65. The third-order valence-electron chi connectivity index (χ3n) is 7.68. The van der Waals surface area contributed by atoms with Gasteiger partial charge < -0.3 is 19.7 Å². The van der Waals surface area contributed by atoms with Crippen LogP contribution in [-0.2, 0) is 30.4 Å². The van der Waals surface area contributed by atoms with Gasteiger partial charge in [-0.15, -0.1) is 0 Å². The second-order valence-electron chi connectivity index (χ2n) is 10.7. The summed E-state index contributed by atoms with van der Waals surface area (Å²) in [5, 5.41) is 2.47. The molecule has 0 spiro atoms. The summed E-state index contributed by atoms with van der Waals surface area (Å²) in [7, 11) is 2.81. The minimum atomic E-state index is -1.87. The largest absolute Gasteiger partial charge is 0.376 e. The van der Waals surface area contributed by atoms with Crippen molar-refractivity contribution in [3.8, 4) is 11.8 Å². The van der Waals surface area contributed by atoms with Gasteiger partial charge in [-0.1, -0.05) is 24.0 Å². The average Bonchev–Trinajstić information content (AvgIpc) is 3.01. The predicted octanol–water partition coefficient (Wildman–Crippen LogP) is 2.46. The maximum atomic E-state index is 13.4. The molecule has 2 aliphatic heterocycles. The summed E-state index contributed by atoms with van der Waals surface area (Å²) in [5.74, 6) is 4.34. The molecule has 2 atom stereocenters. The number of benzene rings is 2. The summed E-state index contributed by atoms with van der Waals surface area (Å²) >= 11 is 0. The summed E-state index contributed by atoms with van der Waals surface area (Å²) in [6.45, 7) is 7.50. The van der Waals surface area contributed by atoms with Gasteiger partial charge in [-0.3, -0.25) is 19.3 Å². The van der Waals surface area contributed by atoms with Crippen molar-refractivity contribution in [1.82, 2.24) is 20.6 Å². The Morgan fingerprint density at radius 3 is 2.24 bits per heavy atom. The van der Waals surface area contributed by atoms with E-state index < -0.39 is 29.6 Å². The Hall–Kier alpha value is -3.75. The molecule has 2 N–H and O–H groups in total. The second-order valence-corrected chi connectivity index (χ2v) is 10.7. The van der Waals surface area contributed by atoms with Crippen molar-refractivity contribution in [2.75, 3.05) is 40.4 Å². The number of nitrogens with zero attached hydrogens (tertiary/aromatic N) is 2. The van der Waals surface area contributed by atoms with E-state index in [1.807, 2.05) is 19.1 Å². The Morgan fingerprint density at radius 2 is 1.67 bits per heavy atom. The normalized spacial score (nSPS) is 18.5. The highest BCUT2D eigenvalue weighted by molar-refractivity contribution is 6.12. The maximum absolute atomic E-state index is 13.4. The molecular formula is C32H40N4O6. The van der Waals surface area contributed by atoms with Crippen LogP contribution in [0.4, 0.5) is 0 Å². The van der Waals surface area contributed by atoms with Gasteiger partial charge in [0.1, 0.15) is 0 Å². The number of likely N-dealkylation sites (tertiary alicyclic amines) is 1. The van der Waals surface area contributed by atoms with Crippen LogP contribution >= 0.6 is 0 Å². The molecule has 0 aliphatic carbocycles. The van der Waals surface area contributed by atoms with Gasteiger partial charge >= 0.3 is 0 Å². The highest BCUT2D eigenvalue weighted by Crippen LogP contribution is 2.20. The topological polar surface area (TPSA) is 109 Å². The molecule has 42 heavy (non-hydrogen) atoms. The first-order chi connectivity index (χ1) is 20.2. The van der Waals surface area contributed by atoms with Crippen LogP contribution in [0, 0.1) is 11.8 Å². The third-order valence-corrected chi connectivity index (χ3v) is 7.68. The molecular weight excluding hydrogens is 536 g/mol. The smallest absolute Gasteiger partial charge is 0.279 e. The van der Waals surface area contributed by atoms with E-state index in [2.05, 4.69) is 39.7 Å². The number of rotatable bonds is 10. The first-order valence-corrected chi connectivity index (χ1v) is 14.4. The van der Waals surface area contributed by atoms with E-state index in [1.54, 1.807) is 24.3 Å². The molecule has 10 heteroatoms. The van der Waals surface area contributed by atoms with Crippen molar-refractivity contribution in [3.05, 3.63) is 70.8 Å². The van der Waals surface area contributed by atoms with E-state index in [0.717, 1.165) is 55.1 Å². The van der Waals surface area contributed by atoms with Gasteiger partial charge in [-0.2, -0.15) is 0 Å². The molecule has 10 nitrogen and oxygen atoms in total. The minimum Gasteiger partial charge on any atom is -0.376 e. The molecule has 0 saturated carbocycles. The van der Waals surface area contributed by atoms with E-state index in [4.69, 9.17) is 14.3 Å². The van der Waals surface area contributed by atoms with Crippen molar-refractivity contribution in [2.45, 2.75) is 57.6 Å². The fraction of sp³-hybridized carbons (Fsp3) is 0.469. The van der Waals surface area contributed by atoms with Crippen LogP contribution in [-0.4, -0.2) is 85.9 Å². The molecule has 0 aromatic heterocycles. The minimum absolute atomic E-state index is 0.310. The number of nitrogens with one attached hydrogen (secondary N) is 2. The molecule has 2 fully saturated rings. The molecule has 4 rings (SSSR count). The second kappa shape index (κ2) is 14.4. The first kappa shape index (κ1) is 31.2. The number of carbonyl (C=O) groups excluding carboxylic acids is 3. The summed E-state index contributed by atoms with van der Waals surface area (Å²) < 4.78 is 11.1. The van der Waals surface area contributed by atoms with Crippen LogP contribution in [0.3, 0.4) is 0 Å². The molecule has 2 saturated heterocycles. The quantitative estimate of drug-likeness (QED) is 0.254. The first-order valence-electron chi connectivity index (χ1n) is 14.4. The predicted molar refractivity (Wildman–Crippen MR) is 157 cm³/mol. The molecule has 0 bridgehead atoms. The van der Waals surface area contributed by atoms with Crippen LogP contribution in [0.5, 0.6) is 0 Å². The zero-order valence-electron chi connectivity index (χ0n) is 24.8. The highest BCUT2D eigenvalue weighted by Gasteiger charge is 2.47. The summed E-state index contributed by atoms with van der Waals surface area (Å²) in [6, 6.07) is 14.9. The van der Waals surface area contributed by atoms with E-state index >= 15 is 0 Å². The van der Waals surface area contributed by atoms with Gasteiger partial charge in [0.15, 0.2) is 11.8 Å². The van der Waals surface area contributed by atoms with Gasteiger partial charge in [0.05, 0.1) is 6.10 Å². The zero-order valence-corrected chi connectivity index (χ0v) is 24.8. The van der Waals surface area contributed by atoms with Crippen molar-refractivity contribution in [2.24, 2.45) is 0 Å². The standard InChI is InChI=1S/C32H40N4O6/c1-5-40-27-21-36(22-27)20-25-13-11-23(12-14-25)9-10-24-15-17-26(18-16-24)29(37)35(4)32(2,30(38)33-3)31(39)34-42-28-8-6-7-19-41-28/h11-18,27-28H,5-8,19-22H2,1-4H3,(H,33,38)(H,34,39). The lowest BCUT2D eigenvalue weighted by Gasteiger charge is -2.38. The van der Waals surface area contributed by atoms with Crippen molar-refractivity contribution in [1.29, 1.82) is 0 Å². The van der Waals surface area contributed by atoms with Crippen LogP contribution in [0.1, 0.15) is 60.2 Å². The number of likely N-dealkylation sites (N-methyl/N-ethyl adjacent to an activating group) is 2. The number of hydrogen-bond acceptors (Lipinski definition) is 7. The van der Waals surface area contributed by atoms with Crippen molar-refractivity contribution in [3.63, 3.8) is 0 Å². The summed E-state index contributed by atoms with van der Waals surface area (Å²) in [5.41, 5.74) is 3.61. The number of ether oxygens (including phenoxy) is 2. The Labute approximate surface area is 247 Å². The summed E-state index contributed by atoms with van der Waals surface area (Å²) in [6.07, 6.45) is 2.22. The third kappa shape index (κ3) is 7.55. The lowest BCUT2D eigenvalue weighted by molar-refractivity contribution is -0.204. The summed E-state index contributed by atoms with van der Waals surface area (Å²) in [4.78, 5) is 48.1. The van der Waals surface area contributed by atoms with Crippen molar-refractivity contribution < 1.29 is 28.7 Å². The van der Waals surface area contributed by atoms with E-state index in [9.17, 15) is 14.4 Å². The Balaban J connectivity index is 1.36. The maximum Gasteiger partial charge on any atom is 0.279 e. The number of hydrogen-bond donors (Lipinski definition) is 2. The molecule has 224 valence electrons. The van der Waals surface area contributed by atoms with E-state index in [0.29, 0.717) is 24.7 Å². The Kier molecular flexibility index (Phi) is 10.7. The monoisotopic (exact) mass is 576 g/mol. The van der Waals surface area contributed by atoms with Crippen LogP contribution < -0.4 is 10.8 Å². The van der Waals surface area contributed by atoms with Crippen LogP contribution in [0.2, 0.25) is 0 Å².